The van der Waals surface area contributed by atoms with Crippen LogP contribution in [-0.2, 0) is 0 Å². The van der Waals surface area contributed by atoms with Crippen LogP contribution in [0.2, 0.25) is 0 Å². The summed E-state index contributed by atoms with van der Waals surface area (Å²) in [5.41, 5.74) is 1.18. The Labute approximate surface area is 140 Å². The predicted octanol–water partition coefficient (Wildman–Crippen LogP) is 5.43. The molecule has 0 bridgehead atoms. The number of rotatable bonds is 2. The molecule has 0 amide bonds. The first-order chi connectivity index (χ1) is 10.5. The molecule has 1 aromatic rings. The minimum atomic E-state index is 0.718. The van der Waals surface area contributed by atoms with Gasteiger partial charge in [0.25, 0.3) is 0 Å². The van der Waals surface area contributed by atoms with Gasteiger partial charge in [0.15, 0.2) is 5.89 Å². The van der Waals surface area contributed by atoms with E-state index < -0.39 is 0 Å². The average molecular weight is 328 g/mol. The van der Waals surface area contributed by atoms with Gasteiger partial charge in [0, 0.05) is 31.5 Å². The fourth-order valence-electron chi connectivity index (χ4n) is 1.07. The van der Waals surface area contributed by atoms with Gasteiger partial charge >= 0.3 is 0 Å². The van der Waals surface area contributed by atoms with Crippen molar-refractivity contribution in [3.05, 3.63) is 18.4 Å². The molecular weight excluding hydrogens is 294 g/mol. The maximum atomic E-state index is 4.72. The number of aromatic nitrogens is 1. The van der Waals surface area contributed by atoms with Crippen molar-refractivity contribution in [3.63, 3.8) is 0 Å². The van der Waals surface area contributed by atoms with Gasteiger partial charge in [0.2, 0.25) is 0 Å². The van der Waals surface area contributed by atoms with Gasteiger partial charge in [-0.05, 0) is 27.2 Å². The summed E-state index contributed by atoms with van der Waals surface area (Å²) in [6.45, 7) is 16.3. The molecule has 0 saturated carbocycles. The lowest BCUT2D eigenvalue weighted by Crippen LogP contribution is -1.82. The van der Waals surface area contributed by atoms with Gasteiger partial charge in [0.1, 0.15) is 6.26 Å². The van der Waals surface area contributed by atoms with Crippen LogP contribution in [0.5, 0.6) is 0 Å². The molecule has 0 N–H and O–H groups in total. The minimum absolute atomic E-state index is 0.718. The Balaban J connectivity index is 0. The Bertz CT molecular complexity index is 383. The van der Waals surface area contributed by atoms with Crippen LogP contribution in [-0.4, -0.2) is 34.6 Å². The highest BCUT2D eigenvalue weighted by molar-refractivity contribution is 8.14. The zero-order valence-corrected chi connectivity index (χ0v) is 16.2. The molecule has 2 heterocycles. The van der Waals surface area contributed by atoms with Crippen LogP contribution in [0.4, 0.5) is 0 Å². The standard InChI is InChI=1S/C6H13N.C4H5NO.C4H7NS.C3H8/c1-4-5-7-6(2)3;2*1-4-5-2-3-6-4;1-3-2/h4-5H2,1-3H3;2-3H,1H3;2-3H2,1H3;3H2,1-2H3. The maximum Gasteiger partial charge on any atom is 0.190 e. The van der Waals surface area contributed by atoms with Crippen molar-refractivity contribution in [2.24, 2.45) is 9.98 Å². The van der Waals surface area contributed by atoms with Gasteiger partial charge in [-0.1, -0.05) is 27.2 Å². The lowest BCUT2D eigenvalue weighted by molar-refractivity contribution is 0.521. The quantitative estimate of drug-likeness (QED) is 0.681. The van der Waals surface area contributed by atoms with E-state index in [1.54, 1.807) is 19.4 Å². The second-order valence-corrected chi connectivity index (χ2v) is 6.12. The van der Waals surface area contributed by atoms with Crippen molar-refractivity contribution in [2.75, 3.05) is 18.8 Å². The van der Waals surface area contributed by atoms with Crippen molar-refractivity contribution in [1.82, 2.24) is 4.98 Å². The summed E-state index contributed by atoms with van der Waals surface area (Å²) >= 11 is 1.85. The lowest BCUT2D eigenvalue weighted by Gasteiger charge is -1.85. The molecule has 0 saturated heterocycles. The summed E-state index contributed by atoms with van der Waals surface area (Å²) in [6.07, 6.45) is 5.58. The van der Waals surface area contributed by atoms with Gasteiger partial charge < -0.3 is 4.42 Å². The largest absolute Gasteiger partial charge is 0.449 e. The number of aliphatic imine (C=N–C) groups is 2. The van der Waals surface area contributed by atoms with Crippen molar-refractivity contribution in [2.45, 2.75) is 61.3 Å². The Kier molecular flexibility index (Phi) is 18.9. The molecular formula is C17H33N3OS. The first-order valence-electron chi connectivity index (χ1n) is 7.95. The van der Waals surface area contributed by atoms with E-state index in [9.17, 15) is 0 Å². The van der Waals surface area contributed by atoms with E-state index in [1.165, 1.54) is 22.9 Å². The van der Waals surface area contributed by atoms with E-state index in [1.807, 2.05) is 25.6 Å². The van der Waals surface area contributed by atoms with E-state index in [-0.39, 0.29) is 0 Å². The number of nitrogens with zero attached hydrogens (tertiary/aromatic N) is 3. The van der Waals surface area contributed by atoms with Gasteiger partial charge in [-0.25, -0.2) is 4.98 Å². The van der Waals surface area contributed by atoms with E-state index in [0.29, 0.717) is 0 Å². The molecule has 0 radical (unpaired) electrons. The summed E-state index contributed by atoms with van der Waals surface area (Å²) in [5, 5.41) is 1.25. The third-order valence-corrected chi connectivity index (χ3v) is 2.88. The summed E-state index contributed by atoms with van der Waals surface area (Å²) in [6, 6.07) is 0. The molecule has 1 aliphatic heterocycles. The second kappa shape index (κ2) is 18.0. The van der Waals surface area contributed by atoms with Crippen LogP contribution in [0.15, 0.2) is 26.9 Å². The molecule has 22 heavy (non-hydrogen) atoms. The summed E-state index contributed by atoms with van der Waals surface area (Å²) in [5.74, 6) is 1.92. The number of thioether (sulfide) groups is 1. The van der Waals surface area contributed by atoms with Crippen LogP contribution in [0.3, 0.4) is 0 Å². The molecule has 1 aliphatic rings. The molecule has 0 fully saturated rings. The van der Waals surface area contributed by atoms with E-state index >= 15 is 0 Å². The summed E-state index contributed by atoms with van der Waals surface area (Å²) in [4.78, 5) is 12.0. The molecule has 0 unspecified atom stereocenters. The molecule has 0 aromatic carbocycles. The third kappa shape index (κ3) is 21.2. The van der Waals surface area contributed by atoms with Gasteiger partial charge in [-0.15, -0.1) is 11.8 Å². The van der Waals surface area contributed by atoms with Crippen molar-refractivity contribution in [3.8, 4) is 0 Å². The summed E-state index contributed by atoms with van der Waals surface area (Å²) < 4.78 is 4.72. The van der Waals surface area contributed by atoms with Gasteiger partial charge in [0.05, 0.1) is 11.2 Å². The lowest BCUT2D eigenvalue weighted by atomic mass is 10.4. The molecule has 0 aliphatic carbocycles. The highest BCUT2D eigenvalue weighted by Crippen LogP contribution is 2.09. The number of hydrogen-bond donors (Lipinski definition) is 0. The fourth-order valence-corrected chi connectivity index (χ4v) is 1.73. The van der Waals surface area contributed by atoms with Gasteiger partial charge in [-0.3, -0.25) is 9.98 Å². The zero-order chi connectivity index (χ0) is 17.2. The normalized spacial score (nSPS) is 11.7. The molecule has 128 valence electrons. The first-order valence-corrected chi connectivity index (χ1v) is 8.93. The fraction of sp³-hybridized carbons (Fsp3) is 0.706. The van der Waals surface area contributed by atoms with Crippen LogP contribution >= 0.6 is 11.8 Å². The van der Waals surface area contributed by atoms with Crippen LogP contribution in [0.25, 0.3) is 0 Å². The van der Waals surface area contributed by atoms with Gasteiger partial charge in [-0.2, -0.15) is 0 Å². The Morgan fingerprint density at radius 1 is 1.27 bits per heavy atom. The molecule has 0 spiro atoms. The number of aryl methyl sites for hydroxylation is 1. The van der Waals surface area contributed by atoms with Crippen molar-refractivity contribution < 1.29 is 4.42 Å². The second-order valence-electron chi connectivity index (χ2n) is 4.84. The summed E-state index contributed by atoms with van der Waals surface area (Å²) in [7, 11) is 0. The smallest absolute Gasteiger partial charge is 0.190 e. The van der Waals surface area contributed by atoms with E-state index in [4.69, 9.17) is 4.42 Å². The highest BCUT2D eigenvalue weighted by atomic mass is 32.2. The molecule has 0 atom stereocenters. The maximum absolute atomic E-state index is 4.72. The monoisotopic (exact) mass is 327 g/mol. The topological polar surface area (TPSA) is 50.8 Å². The minimum Gasteiger partial charge on any atom is -0.449 e. The average Bonchev–Trinajstić information content (AvgIpc) is 3.12. The van der Waals surface area contributed by atoms with Crippen molar-refractivity contribution in [1.29, 1.82) is 0 Å². The van der Waals surface area contributed by atoms with E-state index in [0.717, 1.165) is 25.4 Å². The van der Waals surface area contributed by atoms with Crippen LogP contribution in [0.1, 0.15) is 60.3 Å². The molecule has 5 heteroatoms. The first kappa shape index (κ1) is 23.2. The number of hydrogen-bond acceptors (Lipinski definition) is 5. The molecule has 4 nitrogen and oxygen atoms in total. The predicted molar refractivity (Wildman–Crippen MR) is 102 cm³/mol. The van der Waals surface area contributed by atoms with Crippen LogP contribution in [0, 0.1) is 6.92 Å². The Hall–Kier alpha value is -1.10. The SMILES string of the molecule is CC1=NCCS1.CCC.CCCN=C(C)C.Cc1ncco1. The Morgan fingerprint density at radius 3 is 2.05 bits per heavy atom. The molecule has 1 aromatic heterocycles. The third-order valence-electron chi connectivity index (χ3n) is 1.94. The van der Waals surface area contributed by atoms with E-state index in [2.05, 4.69) is 42.7 Å². The highest BCUT2D eigenvalue weighted by Gasteiger charge is 1.97. The van der Waals surface area contributed by atoms with Crippen molar-refractivity contribution >= 4 is 22.5 Å². The molecule has 2 rings (SSSR count). The Morgan fingerprint density at radius 2 is 1.91 bits per heavy atom. The zero-order valence-electron chi connectivity index (χ0n) is 15.3. The van der Waals surface area contributed by atoms with Crippen LogP contribution < -0.4 is 0 Å². The number of oxazole rings is 1.